The molecular weight excluding hydrogens is 282 g/mol. The summed E-state index contributed by atoms with van der Waals surface area (Å²) in [7, 11) is 0. The third kappa shape index (κ3) is 2.91. The lowest BCUT2D eigenvalue weighted by molar-refractivity contribution is 0.879. The van der Waals surface area contributed by atoms with Crippen LogP contribution in [-0.2, 0) is 6.54 Å². The van der Waals surface area contributed by atoms with Gasteiger partial charge in [0.05, 0.1) is 12.2 Å². The minimum Gasteiger partial charge on any atom is -0.380 e. The van der Waals surface area contributed by atoms with Gasteiger partial charge >= 0.3 is 0 Å². The van der Waals surface area contributed by atoms with Crippen LogP contribution in [0, 0.1) is 0 Å². The minimum absolute atomic E-state index is 0.568. The highest BCUT2D eigenvalue weighted by molar-refractivity contribution is 7.15. The normalized spacial score (nSPS) is 10.6. The Hall–Kier alpha value is -1.92. The van der Waals surface area contributed by atoms with Gasteiger partial charge in [0.15, 0.2) is 4.47 Å². The maximum Gasteiger partial charge on any atom is 0.183 e. The average molecular weight is 292 g/mol. The Morgan fingerprint density at radius 1 is 1.26 bits per heavy atom. The van der Waals surface area contributed by atoms with Gasteiger partial charge in [-0.25, -0.2) is 14.6 Å². The lowest BCUT2D eigenvalue weighted by Crippen LogP contribution is -1.98. The monoisotopic (exact) mass is 291 g/mol. The summed E-state index contributed by atoms with van der Waals surface area (Å²) in [6, 6.07) is 7.96. The average Bonchev–Trinajstić information content (AvgIpc) is 3.08. The van der Waals surface area contributed by atoms with Crippen LogP contribution < -0.4 is 5.32 Å². The molecule has 0 saturated heterocycles. The predicted octanol–water partition coefficient (Wildman–Crippen LogP) is 2.99. The molecule has 1 N–H and O–H groups in total. The lowest BCUT2D eigenvalue weighted by Gasteiger charge is -2.06. The zero-order chi connectivity index (χ0) is 13.1. The highest BCUT2D eigenvalue weighted by Gasteiger charge is 2.00. The molecule has 19 heavy (non-hydrogen) atoms. The van der Waals surface area contributed by atoms with Crippen LogP contribution in [0.15, 0.2) is 43.1 Å². The second kappa shape index (κ2) is 5.38. The second-order valence-electron chi connectivity index (χ2n) is 3.82. The molecule has 2 heterocycles. The first kappa shape index (κ1) is 12.1. The van der Waals surface area contributed by atoms with E-state index >= 15 is 0 Å². The van der Waals surface area contributed by atoms with Gasteiger partial charge in [-0.05, 0) is 24.3 Å². The van der Waals surface area contributed by atoms with E-state index in [0.717, 1.165) is 16.3 Å². The summed E-state index contributed by atoms with van der Waals surface area (Å²) in [4.78, 5) is 9.02. The quantitative estimate of drug-likeness (QED) is 0.803. The summed E-state index contributed by atoms with van der Waals surface area (Å²) >= 11 is 7.26. The van der Waals surface area contributed by atoms with Crippen molar-refractivity contribution < 1.29 is 0 Å². The molecule has 0 bridgehead atoms. The van der Waals surface area contributed by atoms with Gasteiger partial charge in [-0.2, -0.15) is 5.10 Å². The summed E-state index contributed by atoms with van der Waals surface area (Å²) in [6.07, 6.45) is 4.96. The van der Waals surface area contributed by atoms with E-state index in [1.54, 1.807) is 17.2 Å². The first-order valence-electron chi connectivity index (χ1n) is 5.60. The number of anilines is 1. The number of aromatic nitrogens is 4. The second-order valence-corrected chi connectivity index (χ2v) is 5.52. The van der Waals surface area contributed by atoms with Crippen molar-refractivity contribution in [1.82, 2.24) is 19.7 Å². The van der Waals surface area contributed by atoms with E-state index < -0.39 is 0 Å². The van der Waals surface area contributed by atoms with Crippen molar-refractivity contribution in [1.29, 1.82) is 0 Å². The Labute approximate surface area is 118 Å². The van der Waals surface area contributed by atoms with E-state index in [1.165, 1.54) is 17.7 Å². The van der Waals surface area contributed by atoms with Crippen LogP contribution in [0.5, 0.6) is 0 Å². The molecule has 0 radical (unpaired) electrons. The Balaban J connectivity index is 1.66. The van der Waals surface area contributed by atoms with Crippen molar-refractivity contribution in [2.24, 2.45) is 0 Å². The number of halogens is 1. The van der Waals surface area contributed by atoms with Crippen LogP contribution in [0.3, 0.4) is 0 Å². The number of hydrogen-bond donors (Lipinski definition) is 1. The molecular formula is C12H10ClN5S. The predicted molar refractivity (Wildman–Crippen MR) is 75.8 cm³/mol. The smallest absolute Gasteiger partial charge is 0.183 e. The number of thiazole rings is 1. The molecule has 0 aliphatic carbocycles. The molecule has 7 heteroatoms. The summed E-state index contributed by atoms with van der Waals surface area (Å²) in [5, 5.41) is 7.39. The molecule has 3 rings (SSSR count). The van der Waals surface area contributed by atoms with Gasteiger partial charge in [0, 0.05) is 16.8 Å². The van der Waals surface area contributed by atoms with Gasteiger partial charge in [0.2, 0.25) is 0 Å². The van der Waals surface area contributed by atoms with E-state index in [9.17, 15) is 0 Å². The van der Waals surface area contributed by atoms with Crippen LogP contribution in [0.1, 0.15) is 4.88 Å². The first-order valence-corrected chi connectivity index (χ1v) is 6.80. The van der Waals surface area contributed by atoms with Crippen LogP contribution in [0.25, 0.3) is 5.69 Å². The van der Waals surface area contributed by atoms with Gasteiger partial charge < -0.3 is 5.32 Å². The maximum absolute atomic E-state index is 5.78. The Kier molecular flexibility index (Phi) is 3.43. The van der Waals surface area contributed by atoms with E-state index in [2.05, 4.69) is 20.4 Å². The highest BCUT2D eigenvalue weighted by Crippen LogP contribution is 2.19. The molecule has 0 amide bonds. The molecule has 1 aromatic carbocycles. The van der Waals surface area contributed by atoms with Crippen molar-refractivity contribution in [3.8, 4) is 5.69 Å². The molecule has 5 nitrogen and oxygen atoms in total. The molecule has 0 aliphatic rings. The van der Waals surface area contributed by atoms with Crippen molar-refractivity contribution in [3.05, 3.63) is 52.5 Å². The number of benzene rings is 1. The number of rotatable bonds is 4. The largest absolute Gasteiger partial charge is 0.380 e. The Bertz CT molecular complexity index is 647. The number of nitrogens with one attached hydrogen (secondary N) is 1. The summed E-state index contributed by atoms with van der Waals surface area (Å²) in [5.74, 6) is 0. The summed E-state index contributed by atoms with van der Waals surface area (Å²) in [6.45, 7) is 0.715. The fourth-order valence-electron chi connectivity index (χ4n) is 1.63. The summed E-state index contributed by atoms with van der Waals surface area (Å²) < 4.78 is 2.28. The summed E-state index contributed by atoms with van der Waals surface area (Å²) in [5.41, 5.74) is 2.01. The Morgan fingerprint density at radius 3 is 2.74 bits per heavy atom. The zero-order valence-corrected chi connectivity index (χ0v) is 11.4. The van der Waals surface area contributed by atoms with Gasteiger partial charge in [-0.15, -0.1) is 11.3 Å². The van der Waals surface area contributed by atoms with Crippen molar-refractivity contribution in [2.75, 3.05) is 5.32 Å². The van der Waals surface area contributed by atoms with Crippen molar-refractivity contribution >= 4 is 28.6 Å². The fraction of sp³-hybridized carbons (Fsp3) is 0.0833. The van der Waals surface area contributed by atoms with Crippen molar-refractivity contribution in [3.63, 3.8) is 0 Å². The first-order chi connectivity index (χ1) is 9.31. The molecule has 0 fully saturated rings. The number of hydrogen-bond acceptors (Lipinski definition) is 5. The van der Waals surface area contributed by atoms with E-state index in [4.69, 9.17) is 11.6 Å². The lowest BCUT2D eigenvalue weighted by atomic mass is 10.3. The molecule has 0 saturated carbocycles. The molecule has 0 atom stereocenters. The fourth-order valence-corrected chi connectivity index (χ4v) is 2.55. The molecule has 2 aromatic heterocycles. The van der Waals surface area contributed by atoms with Crippen LogP contribution in [-0.4, -0.2) is 19.7 Å². The van der Waals surface area contributed by atoms with Crippen LogP contribution in [0.4, 0.5) is 5.69 Å². The van der Waals surface area contributed by atoms with Crippen LogP contribution in [0.2, 0.25) is 4.47 Å². The molecule has 96 valence electrons. The maximum atomic E-state index is 5.78. The van der Waals surface area contributed by atoms with Gasteiger partial charge in [0.1, 0.15) is 12.7 Å². The zero-order valence-electron chi connectivity index (χ0n) is 9.82. The van der Waals surface area contributed by atoms with Gasteiger partial charge in [-0.1, -0.05) is 11.6 Å². The SMILES string of the molecule is Clc1ncc(CNc2ccc(-n3cncn3)cc2)s1. The molecule has 0 aliphatic heterocycles. The van der Waals surface area contributed by atoms with E-state index in [1.807, 2.05) is 24.3 Å². The van der Waals surface area contributed by atoms with Gasteiger partial charge in [0.25, 0.3) is 0 Å². The third-order valence-corrected chi connectivity index (χ3v) is 3.66. The number of nitrogens with zero attached hydrogens (tertiary/aromatic N) is 4. The van der Waals surface area contributed by atoms with Crippen LogP contribution >= 0.6 is 22.9 Å². The molecule has 0 unspecified atom stereocenters. The highest BCUT2D eigenvalue weighted by atomic mass is 35.5. The van der Waals surface area contributed by atoms with E-state index in [-0.39, 0.29) is 0 Å². The minimum atomic E-state index is 0.568. The molecule has 0 spiro atoms. The standard InChI is InChI=1S/C12H10ClN5S/c13-12-16-6-11(19-12)5-15-9-1-3-10(4-2-9)18-8-14-7-17-18/h1-4,6-8,15H,5H2. The van der Waals surface area contributed by atoms with Gasteiger partial charge in [-0.3, -0.25) is 0 Å². The van der Waals surface area contributed by atoms with E-state index in [0.29, 0.717) is 11.0 Å². The molecule has 3 aromatic rings. The Morgan fingerprint density at radius 2 is 2.11 bits per heavy atom. The topological polar surface area (TPSA) is 55.6 Å². The third-order valence-electron chi connectivity index (χ3n) is 2.54. The van der Waals surface area contributed by atoms with Crippen molar-refractivity contribution in [2.45, 2.75) is 6.54 Å².